The maximum Gasteiger partial charge on any atom is 0.243 e. The second kappa shape index (κ2) is 5.29. The zero-order valence-corrected chi connectivity index (χ0v) is 8.32. The van der Waals surface area contributed by atoms with Gasteiger partial charge in [0.2, 0.25) is 11.9 Å². The Balaban J connectivity index is 2.49. The largest absolute Gasteiger partial charge is 0.306 e. The Kier molecular flexibility index (Phi) is 4.00. The summed E-state index contributed by atoms with van der Waals surface area (Å²) in [6, 6.07) is 1.47. The third kappa shape index (κ3) is 3.10. The van der Waals surface area contributed by atoms with Crippen molar-refractivity contribution >= 4 is 11.9 Å². The molecule has 1 rings (SSSR count). The normalized spacial score (nSPS) is 12.1. The summed E-state index contributed by atoms with van der Waals surface area (Å²) in [5.41, 5.74) is 0. The Morgan fingerprint density at radius 1 is 1.50 bits per heavy atom. The molecule has 0 radical (unpaired) electrons. The summed E-state index contributed by atoms with van der Waals surface area (Å²) in [5, 5.41) is 5.60. The van der Waals surface area contributed by atoms with Crippen molar-refractivity contribution in [3.8, 4) is 0 Å². The fourth-order valence-corrected chi connectivity index (χ4v) is 0.981. The minimum Gasteiger partial charge on any atom is -0.306 e. The molecule has 0 fully saturated rings. The number of rotatable bonds is 4. The summed E-state index contributed by atoms with van der Waals surface area (Å²) in [7, 11) is 0. The summed E-state index contributed by atoms with van der Waals surface area (Å²) in [5.74, 6) is 0.209. The van der Waals surface area contributed by atoms with Crippen LogP contribution in [0.1, 0.15) is 13.8 Å². The maximum atomic E-state index is 11.4. The lowest BCUT2D eigenvalue weighted by molar-refractivity contribution is -0.117. The minimum absolute atomic E-state index is 0.127. The summed E-state index contributed by atoms with van der Waals surface area (Å²) < 4.78 is 0. The van der Waals surface area contributed by atoms with Crippen molar-refractivity contribution in [2.75, 3.05) is 11.9 Å². The van der Waals surface area contributed by atoms with E-state index in [1.165, 1.54) is 0 Å². The third-order valence-electron chi connectivity index (χ3n) is 1.70. The predicted molar refractivity (Wildman–Crippen MR) is 53.8 cm³/mol. The number of nitrogens with one attached hydrogen (secondary N) is 2. The highest BCUT2D eigenvalue weighted by Crippen LogP contribution is 1.95. The van der Waals surface area contributed by atoms with Gasteiger partial charge < -0.3 is 5.32 Å². The molecule has 0 aliphatic rings. The molecule has 1 aromatic heterocycles. The van der Waals surface area contributed by atoms with Gasteiger partial charge in [-0.15, -0.1) is 0 Å². The number of aromatic nitrogens is 2. The summed E-state index contributed by atoms with van der Waals surface area (Å²) in [6.45, 7) is 4.49. The van der Waals surface area contributed by atoms with Crippen LogP contribution in [-0.4, -0.2) is 28.5 Å². The van der Waals surface area contributed by atoms with Gasteiger partial charge in [-0.3, -0.25) is 10.1 Å². The van der Waals surface area contributed by atoms with E-state index in [4.69, 9.17) is 0 Å². The molecule has 1 atom stereocenters. The van der Waals surface area contributed by atoms with E-state index >= 15 is 0 Å². The first-order chi connectivity index (χ1) is 6.74. The standard InChI is InChI=1S/C9H14N4O/c1-3-10-7(2)8(14)13-9-11-5-4-6-12-9/h4-7,10H,3H2,1-2H3,(H,11,12,13,14). The second-order valence-electron chi connectivity index (χ2n) is 2.84. The van der Waals surface area contributed by atoms with Crippen LogP contribution in [0.25, 0.3) is 0 Å². The van der Waals surface area contributed by atoms with Gasteiger partial charge in [0, 0.05) is 12.4 Å². The topological polar surface area (TPSA) is 66.9 Å². The van der Waals surface area contributed by atoms with Crippen LogP contribution in [0.5, 0.6) is 0 Å². The highest BCUT2D eigenvalue weighted by Gasteiger charge is 2.11. The van der Waals surface area contributed by atoms with Gasteiger partial charge in [0.25, 0.3) is 0 Å². The van der Waals surface area contributed by atoms with E-state index < -0.39 is 0 Å². The highest BCUT2D eigenvalue weighted by atomic mass is 16.2. The zero-order chi connectivity index (χ0) is 10.4. The Labute approximate surface area is 83.0 Å². The Morgan fingerprint density at radius 2 is 2.14 bits per heavy atom. The first-order valence-corrected chi connectivity index (χ1v) is 4.55. The Morgan fingerprint density at radius 3 is 2.71 bits per heavy atom. The molecule has 0 spiro atoms. The van der Waals surface area contributed by atoms with Gasteiger partial charge >= 0.3 is 0 Å². The van der Waals surface area contributed by atoms with Crippen LogP contribution in [-0.2, 0) is 4.79 Å². The van der Waals surface area contributed by atoms with E-state index in [1.54, 1.807) is 25.4 Å². The molecule has 0 bridgehead atoms. The summed E-state index contributed by atoms with van der Waals surface area (Å²) in [6.07, 6.45) is 3.17. The predicted octanol–water partition coefficient (Wildman–Crippen LogP) is 0.413. The average molecular weight is 194 g/mol. The molecule has 14 heavy (non-hydrogen) atoms. The minimum atomic E-state index is -0.233. The number of carbonyl (C=O) groups excluding carboxylic acids is 1. The highest BCUT2D eigenvalue weighted by molar-refractivity contribution is 5.92. The fourth-order valence-electron chi connectivity index (χ4n) is 0.981. The van der Waals surface area contributed by atoms with Crippen LogP contribution in [0, 0.1) is 0 Å². The average Bonchev–Trinajstić information content (AvgIpc) is 2.19. The van der Waals surface area contributed by atoms with E-state index in [0.29, 0.717) is 5.95 Å². The van der Waals surface area contributed by atoms with Gasteiger partial charge in [-0.2, -0.15) is 0 Å². The molecule has 5 nitrogen and oxygen atoms in total. The van der Waals surface area contributed by atoms with Gasteiger partial charge in [-0.1, -0.05) is 6.92 Å². The van der Waals surface area contributed by atoms with Crippen molar-refractivity contribution in [1.29, 1.82) is 0 Å². The maximum absolute atomic E-state index is 11.4. The molecule has 1 aromatic rings. The fraction of sp³-hybridized carbons (Fsp3) is 0.444. The SMILES string of the molecule is CCNC(C)C(=O)Nc1ncccn1. The molecule has 0 aliphatic carbocycles. The lowest BCUT2D eigenvalue weighted by Gasteiger charge is -2.10. The number of likely N-dealkylation sites (N-methyl/N-ethyl adjacent to an activating group) is 1. The van der Waals surface area contributed by atoms with Crippen molar-refractivity contribution in [3.63, 3.8) is 0 Å². The van der Waals surface area contributed by atoms with Gasteiger partial charge in [0.05, 0.1) is 6.04 Å². The van der Waals surface area contributed by atoms with E-state index in [1.807, 2.05) is 6.92 Å². The number of hydrogen-bond acceptors (Lipinski definition) is 4. The lowest BCUT2D eigenvalue weighted by atomic mass is 10.3. The van der Waals surface area contributed by atoms with Crippen molar-refractivity contribution in [2.45, 2.75) is 19.9 Å². The zero-order valence-electron chi connectivity index (χ0n) is 8.32. The number of carbonyl (C=O) groups is 1. The third-order valence-corrected chi connectivity index (χ3v) is 1.70. The molecule has 5 heteroatoms. The van der Waals surface area contributed by atoms with E-state index in [-0.39, 0.29) is 11.9 Å². The number of amides is 1. The van der Waals surface area contributed by atoms with Crippen molar-refractivity contribution < 1.29 is 4.79 Å². The smallest absolute Gasteiger partial charge is 0.243 e. The van der Waals surface area contributed by atoms with Crippen LogP contribution in [0.2, 0.25) is 0 Å². The molecule has 1 heterocycles. The summed E-state index contributed by atoms with van der Waals surface area (Å²) in [4.78, 5) is 19.2. The van der Waals surface area contributed by atoms with Gasteiger partial charge in [-0.05, 0) is 19.5 Å². The lowest BCUT2D eigenvalue weighted by Crippen LogP contribution is -2.38. The van der Waals surface area contributed by atoms with Crippen molar-refractivity contribution in [3.05, 3.63) is 18.5 Å². The van der Waals surface area contributed by atoms with Gasteiger partial charge in [0.15, 0.2) is 0 Å². The monoisotopic (exact) mass is 194 g/mol. The molecule has 0 aromatic carbocycles. The van der Waals surface area contributed by atoms with Crippen LogP contribution in [0.15, 0.2) is 18.5 Å². The molecule has 0 saturated carbocycles. The molecule has 0 aliphatic heterocycles. The van der Waals surface area contributed by atoms with Gasteiger partial charge in [-0.25, -0.2) is 9.97 Å². The van der Waals surface area contributed by atoms with Crippen molar-refractivity contribution in [2.24, 2.45) is 0 Å². The molecular formula is C9H14N4O. The van der Waals surface area contributed by atoms with E-state index in [0.717, 1.165) is 6.54 Å². The summed E-state index contributed by atoms with van der Waals surface area (Å²) >= 11 is 0. The van der Waals surface area contributed by atoms with Gasteiger partial charge in [0.1, 0.15) is 0 Å². The number of hydrogen-bond donors (Lipinski definition) is 2. The second-order valence-corrected chi connectivity index (χ2v) is 2.84. The van der Waals surface area contributed by atoms with E-state index in [2.05, 4.69) is 20.6 Å². The van der Waals surface area contributed by atoms with Crippen LogP contribution in [0.4, 0.5) is 5.95 Å². The molecule has 0 saturated heterocycles. The van der Waals surface area contributed by atoms with Crippen LogP contribution >= 0.6 is 0 Å². The Hall–Kier alpha value is -1.49. The van der Waals surface area contributed by atoms with Crippen LogP contribution < -0.4 is 10.6 Å². The molecule has 76 valence electrons. The first-order valence-electron chi connectivity index (χ1n) is 4.55. The number of nitrogens with zero attached hydrogens (tertiary/aromatic N) is 2. The van der Waals surface area contributed by atoms with Crippen LogP contribution in [0.3, 0.4) is 0 Å². The molecule has 1 amide bonds. The molecular weight excluding hydrogens is 180 g/mol. The quantitative estimate of drug-likeness (QED) is 0.728. The molecule has 2 N–H and O–H groups in total. The molecule has 1 unspecified atom stereocenters. The van der Waals surface area contributed by atoms with Crippen molar-refractivity contribution in [1.82, 2.24) is 15.3 Å². The van der Waals surface area contributed by atoms with E-state index in [9.17, 15) is 4.79 Å². The first kappa shape index (κ1) is 10.6. The Bertz CT molecular complexity index is 288. The number of anilines is 1.